The number of nitrogens with one attached hydrogen (secondary N) is 2. The first-order valence-electron chi connectivity index (χ1n) is 10.3. The number of anilines is 2. The zero-order valence-electron chi connectivity index (χ0n) is 18.7. The fourth-order valence-corrected chi connectivity index (χ4v) is 4.38. The summed E-state index contributed by atoms with van der Waals surface area (Å²) in [6.07, 6.45) is 1.30. The third-order valence-electron chi connectivity index (χ3n) is 4.70. The average Bonchev–Trinajstić information content (AvgIpc) is 2.83. The van der Waals surface area contributed by atoms with E-state index in [1.165, 1.54) is 30.3 Å². The number of benzene rings is 3. The monoisotopic (exact) mass is 612 g/mol. The summed E-state index contributed by atoms with van der Waals surface area (Å²) in [6, 6.07) is 17.8. The molecule has 3 aromatic carbocycles. The Morgan fingerprint density at radius 1 is 1.08 bits per heavy atom. The van der Waals surface area contributed by atoms with Crippen molar-refractivity contribution in [3.8, 4) is 11.8 Å². The van der Waals surface area contributed by atoms with Crippen LogP contribution in [-0.4, -0.2) is 23.3 Å². The third-order valence-corrected chi connectivity index (χ3v) is 5.75. The van der Waals surface area contributed by atoms with Crippen molar-refractivity contribution in [1.82, 2.24) is 0 Å². The quantitative estimate of drug-likeness (QED) is 0.139. The number of amides is 2. The zero-order chi connectivity index (χ0) is 26.2. The fourth-order valence-electron chi connectivity index (χ4n) is 3.01. The number of carbonyl (C=O) groups excluding carboxylic acids is 2. The first-order valence-corrected chi connectivity index (χ1v) is 11.9. The minimum absolute atomic E-state index is 0.162. The molecule has 0 aliphatic rings. The van der Waals surface area contributed by atoms with Gasteiger partial charge in [-0.05, 0) is 59.3 Å². The van der Waals surface area contributed by atoms with Crippen LogP contribution in [0.15, 0.2) is 75.2 Å². The number of halogens is 2. The molecule has 0 bridgehead atoms. The number of rotatable bonds is 8. The largest absolute Gasteiger partial charge is 0.482 e. The molecule has 0 saturated carbocycles. The Hall–Kier alpha value is -4.01. The van der Waals surface area contributed by atoms with Gasteiger partial charge in [-0.1, -0.05) is 39.7 Å². The molecule has 0 spiro atoms. The van der Waals surface area contributed by atoms with Gasteiger partial charge in [-0.2, -0.15) is 5.26 Å². The maximum Gasteiger partial charge on any atom is 0.271 e. The highest BCUT2D eigenvalue weighted by Gasteiger charge is 2.16. The van der Waals surface area contributed by atoms with Crippen molar-refractivity contribution in [2.45, 2.75) is 6.92 Å². The Morgan fingerprint density at radius 3 is 2.47 bits per heavy atom. The Labute approximate surface area is 223 Å². The molecule has 36 heavy (non-hydrogen) atoms. The van der Waals surface area contributed by atoms with E-state index in [0.717, 1.165) is 5.56 Å². The van der Waals surface area contributed by atoms with Crippen molar-refractivity contribution in [3.63, 3.8) is 0 Å². The predicted octanol–water partition coefficient (Wildman–Crippen LogP) is 5.99. The van der Waals surface area contributed by atoms with E-state index in [1.807, 2.05) is 25.1 Å². The number of ether oxygens (including phenoxy) is 1. The SMILES string of the molecule is Cc1ccc(NC(=O)COc2c(Br)cc(Br)cc2/C=C(/C#N)C(=O)Nc2cccc([N+](=O)[O-])c2)cc1. The fraction of sp³-hybridized carbons (Fsp3) is 0.0800. The van der Waals surface area contributed by atoms with Crippen molar-refractivity contribution in [1.29, 1.82) is 5.26 Å². The van der Waals surface area contributed by atoms with Crippen LogP contribution >= 0.6 is 31.9 Å². The van der Waals surface area contributed by atoms with Gasteiger partial charge < -0.3 is 15.4 Å². The van der Waals surface area contributed by atoms with E-state index in [9.17, 15) is 25.0 Å². The van der Waals surface area contributed by atoms with Gasteiger partial charge in [0, 0.05) is 33.5 Å². The minimum Gasteiger partial charge on any atom is -0.482 e. The lowest BCUT2D eigenvalue weighted by Crippen LogP contribution is -2.20. The summed E-state index contributed by atoms with van der Waals surface area (Å²) < 4.78 is 6.85. The molecule has 0 aromatic heterocycles. The molecular weight excluding hydrogens is 596 g/mol. The molecule has 0 radical (unpaired) electrons. The molecule has 0 unspecified atom stereocenters. The van der Waals surface area contributed by atoms with Crippen LogP contribution in [0.25, 0.3) is 6.08 Å². The summed E-state index contributed by atoms with van der Waals surface area (Å²) in [5.74, 6) is -0.919. The number of nitriles is 1. The second-order valence-electron chi connectivity index (χ2n) is 7.44. The van der Waals surface area contributed by atoms with Crippen LogP contribution in [0.5, 0.6) is 5.75 Å². The number of nitrogens with zero attached hydrogens (tertiary/aromatic N) is 2. The summed E-state index contributed by atoms with van der Waals surface area (Å²) in [5.41, 5.74) is 1.71. The summed E-state index contributed by atoms with van der Waals surface area (Å²) in [4.78, 5) is 35.5. The van der Waals surface area contributed by atoms with Gasteiger partial charge in [0.1, 0.15) is 17.4 Å². The number of hydrogen-bond acceptors (Lipinski definition) is 6. The van der Waals surface area contributed by atoms with Crippen molar-refractivity contribution >= 4 is 66.8 Å². The molecule has 0 aliphatic heterocycles. The van der Waals surface area contributed by atoms with Gasteiger partial charge in [0.2, 0.25) is 0 Å². The van der Waals surface area contributed by atoms with Crippen LogP contribution in [0.1, 0.15) is 11.1 Å². The first kappa shape index (κ1) is 26.6. The van der Waals surface area contributed by atoms with Gasteiger partial charge in [-0.3, -0.25) is 19.7 Å². The van der Waals surface area contributed by atoms with Crippen molar-refractivity contribution < 1.29 is 19.2 Å². The summed E-state index contributed by atoms with van der Waals surface area (Å²) >= 11 is 6.74. The second-order valence-corrected chi connectivity index (χ2v) is 9.21. The predicted molar refractivity (Wildman–Crippen MR) is 142 cm³/mol. The zero-order valence-corrected chi connectivity index (χ0v) is 21.9. The standard InChI is InChI=1S/C25H18Br2N4O5/c1-15-5-7-19(8-6-15)29-23(32)14-36-24-16(10-18(26)11-22(24)27)9-17(13-28)25(33)30-20-3-2-4-21(12-20)31(34)35/h2-12H,14H2,1H3,(H,29,32)(H,30,33)/b17-9-. The van der Waals surface area contributed by atoms with E-state index in [0.29, 0.717) is 20.2 Å². The Balaban J connectivity index is 1.80. The van der Waals surface area contributed by atoms with Gasteiger partial charge in [-0.25, -0.2) is 0 Å². The second kappa shape index (κ2) is 12.1. The smallest absolute Gasteiger partial charge is 0.271 e. The summed E-state index contributed by atoms with van der Waals surface area (Å²) in [6.45, 7) is 1.62. The summed E-state index contributed by atoms with van der Waals surface area (Å²) in [5, 5.41) is 25.8. The van der Waals surface area contributed by atoms with Crippen molar-refractivity contribution in [2.24, 2.45) is 0 Å². The lowest BCUT2D eigenvalue weighted by Gasteiger charge is -2.13. The third kappa shape index (κ3) is 7.24. The van der Waals surface area contributed by atoms with Crippen molar-refractivity contribution in [3.05, 3.63) is 96.4 Å². The highest BCUT2D eigenvalue weighted by atomic mass is 79.9. The number of carbonyl (C=O) groups is 2. The first-order chi connectivity index (χ1) is 17.2. The van der Waals surface area contributed by atoms with Crippen LogP contribution in [0.4, 0.5) is 17.1 Å². The van der Waals surface area contributed by atoms with Gasteiger partial charge in [0.25, 0.3) is 17.5 Å². The van der Waals surface area contributed by atoms with Crippen LogP contribution < -0.4 is 15.4 Å². The molecule has 2 N–H and O–H groups in total. The highest BCUT2D eigenvalue weighted by Crippen LogP contribution is 2.34. The maximum absolute atomic E-state index is 12.7. The topological polar surface area (TPSA) is 134 Å². The molecule has 182 valence electrons. The van der Waals surface area contributed by atoms with Crippen LogP contribution in [0.2, 0.25) is 0 Å². The van der Waals surface area contributed by atoms with Gasteiger partial charge in [0.05, 0.1) is 9.40 Å². The number of nitro benzene ring substituents is 1. The lowest BCUT2D eigenvalue weighted by molar-refractivity contribution is -0.384. The molecule has 11 heteroatoms. The molecule has 0 fully saturated rings. The van der Waals surface area contributed by atoms with E-state index < -0.39 is 16.7 Å². The minimum atomic E-state index is -0.767. The average molecular weight is 614 g/mol. The molecular formula is C25H18Br2N4O5. The molecule has 3 aromatic rings. The molecule has 0 aliphatic carbocycles. The van der Waals surface area contributed by atoms with Crippen molar-refractivity contribution in [2.75, 3.05) is 17.2 Å². The Kier molecular flexibility index (Phi) is 8.94. The lowest BCUT2D eigenvalue weighted by atomic mass is 10.1. The number of non-ortho nitro benzene ring substituents is 1. The summed E-state index contributed by atoms with van der Waals surface area (Å²) in [7, 11) is 0. The number of hydrogen-bond donors (Lipinski definition) is 2. The Bertz CT molecular complexity index is 1400. The Morgan fingerprint density at radius 2 is 1.81 bits per heavy atom. The van der Waals surface area contributed by atoms with E-state index in [1.54, 1.807) is 24.3 Å². The molecule has 0 heterocycles. The molecule has 3 rings (SSSR count). The molecule has 2 amide bonds. The van der Waals surface area contributed by atoms with E-state index in [2.05, 4.69) is 42.5 Å². The van der Waals surface area contributed by atoms with Crippen LogP contribution in [-0.2, 0) is 9.59 Å². The van der Waals surface area contributed by atoms with E-state index >= 15 is 0 Å². The highest BCUT2D eigenvalue weighted by molar-refractivity contribution is 9.11. The van der Waals surface area contributed by atoms with E-state index in [4.69, 9.17) is 4.74 Å². The molecule has 0 atom stereocenters. The van der Waals surface area contributed by atoms with Gasteiger partial charge >= 0.3 is 0 Å². The number of aryl methyl sites for hydroxylation is 1. The normalized spacial score (nSPS) is 10.8. The van der Waals surface area contributed by atoms with Crippen LogP contribution in [0.3, 0.4) is 0 Å². The molecule has 9 nitrogen and oxygen atoms in total. The van der Waals surface area contributed by atoms with Gasteiger partial charge in [-0.15, -0.1) is 0 Å². The molecule has 0 saturated heterocycles. The number of nitro groups is 1. The van der Waals surface area contributed by atoms with Crippen LogP contribution in [0, 0.1) is 28.4 Å². The van der Waals surface area contributed by atoms with Gasteiger partial charge in [0.15, 0.2) is 6.61 Å². The maximum atomic E-state index is 12.7. The van der Waals surface area contributed by atoms with E-state index in [-0.39, 0.29) is 29.3 Å².